The minimum atomic E-state index is -0.0453. The molecule has 0 radical (unpaired) electrons. The summed E-state index contributed by atoms with van der Waals surface area (Å²) in [6.45, 7) is 0. The SMILES string of the molecule is Nc1conc1-c1ccc(-c2c(C(=O)c3ccccc3)sc3cc(O)ccc23)cc1. The summed E-state index contributed by atoms with van der Waals surface area (Å²) in [5.41, 5.74) is 10.2. The van der Waals surface area contributed by atoms with Crippen LogP contribution in [0.25, 0.3) is 32.5 Å². The van der Waals surface area contributed by atoms with Gasteiger partial charge < -0.3 is 15.4 Å². The number of phenolic OH excluding ortho intramolecular Hbond substituents is 1. The topological polar surface area (TPSA) is 89.4 Å². The van der Waals surface area contributed by atoms with Gasteiger partial charge in [-0.3, -0.25) is 4.79 Å². The normalized spacial score (nSPS) is 11.1. The van der Waals surface area contributed by atoms with Crippen LogP contribution in [0.3, 0.4) is 0 Å². The first-order chi connectivity index (χ1) is 14.6. The van der Waals surface area contributed by atoms with Gasteiger partial charge in [-0.15, -0.1) is 11.3 Å². The third kappa shape index (κ3) is 3.03. The van der Waals surface area contributed by atoms with Gasteiger partial charge in [-0.1, -0.05) is 59.8 Å². The molecular formula is C24H16N2O3S. The molecule has 5 nitrogen and oxygen atoms in total. The molecule has 0 aliphatic heterocycles. The molecule has 30 heavy (non-hydrogen) atoms. The molecule has 2 aromatic heterocycles. The van der Waals surface area contributed by atoms with Crippen molar-refractivity contribution in [1.29, 1.82) is 0 Å². The summed E-state index contributed by atoms with van der Waals surface area (Å²) in [7, 11) is 0. The van der Waals surface area contributed by atoms with Crippen molar-refractivity contribution in [1.82, 2.24) is 5.16 Å². The highest BCUT2D eigenvalue weighted by Gasteiger charge is 2.21. The predicted octanol–water partition coefficient (Wildman–Crippen LogP) is 5.74. The lowest BCUT2D eigenvalue weighted by atomic mass is 9.97. The van der Waals surface area contributed by atoms with E-state index in [0.29, 0.717) is 21.8 Å². The summed E-state index contributed by atoms with van der Waals surface area (Å²) < 4.78 is 5.78. The Kier molecular flexibility index (Phi) is 4.34. The summed E-state index contributed by atoms with van der Waals surface area (Å²) in [5, 5.41) is 14.8. The molecule has 0 amide bonds. The number of benzene rings is 3. The van der Waals surface area contributed by atoms with Crippen LogP contribution in [0.5, 0.6) is 5.75 Å². The van der Waals surface area contributed by atoms with Gasteiger partial charge in [0.2, 0.25) is 5.78 Å². The van der Waals surface area contributed by atoms with Gasteiger partial charge in [0.1, 0.15) is 23.4 Å². The van der Waals surface area contributed by atoms with Crippen molar-refractivity contribution in [2.24, 2.45) is 0 Å². The van der Waals surface area contributed by atoms with Gasteiger partial charge in [0.15, 0.2) is 0 Å². The Bertz CT molecular complexity index is 1370. The van der Waals surface area contributed by atoms with E-state index in [1.807, 2.05) is 60.7 Å². The predicted molar refractivity (Wildman–Crippen MR) is 119 cm³/mol. The van der Waals surface area contributed by atoms with Crippen LogP contribution in [0, 0.1) is 0 Å². The minimum absolute atomic E-state index is 0.0453. The zero-order chi connectivity index (χ0) is 20.7. The lowest BCUT2D eigenvalue weighted by molar-refractivity contribution is 0.104. The molecule has 5 aromatic rings. The Morgan fingerprint density at radius 2 is 1.70 bits per heavy atom. The van der Waals surface area contributed by atoms with Crippen LogP contribution in [0.4, 0.5) is 5.69 Å². The molecule has 0 fully saturated rings. The van der Waals surface area contributed by atoms with Crippen molar-refractivity contribution in [2.75, 3.05) is 5.73 Å². The first kappa shape index (κ1) is 18.1. The Hall–Kier alpha value is -3.90. The van der Waals surface area contributed by atoms with Crippen molar-refractivity contribution in [3.05, 3.63) is 89.5 Å². The summed E-state index contributed by atoms with van der Waals surface area (Å²) in [5.74, 6) is 0.127. The quantitative estimate of drug-likeness (QED) is 0.367. The zero-order valence-electron chi connectivity index (χ0n) is 15.7. The van der Waals surface area contributed by atoms with Gasteiger partial charge in [-0.25, -0.2) is 0 Å². The molecule has 3 aromatic carbocycles. The average molecular weight is 412 g/mol. The first-order valence-corrected chi connectivity index (χ1v) is 10.1. The smallest absolute Gasteiger partial charge is 0.203 e. The minimum Gasteiger partial charge on any atom is -0.508 e. The highest BCUT2D eigenvalue weighted by Crippen LogP contribution is 2.41. The molecule has 2 heterocycles. The fraction of sp³-hybridized carbons (Fsp3) is 0. The average Bonchev–Trinajstić information content (AvgIpc) is 3.37. The van der Waals surface area contributed by atoms with Crippen molar-refractivity contribution >= 4 is 32.9 Å². The Morgan fingerprint density at radius 3 is 2.40 bits per heavy atom. The molecule has 0 bridgehead atoms. The summed E-state index contributed by atoms with van der Waals surface area (Å²) in [6.07, 6.45) is 1.40. The van der Waals surface area contributed by atoms with Gasteiger partial charge in [-0.2, -0.15) is 0 Å². The van der Waals surface area contributed by atoms with Gasteiger partial charge in [0.25, 0.3) is 0 Å². The fourth-order valence-electron chi connectivity index (χ4n) is 3.51. The maximum atomic E-state index is 13.3. The molecule has 0 saturated heterocycles. The second-order valence-electron chi connectivity index (χ2n) is 6.88. The third-order valence-corrected chi connectivity index (χ3v) is 6.11. The van der Waals surface area contributed by atoms with Crippen molar-refractivity contribution in [3.8, 4) is 28.1 Å². The van der Waals surface area contributed by atoms with E-state index in [9.17, 15) is 9.90 Å². The van der Waals surface area contributed by atoms with Crippen molar-refractivity contribution < 1.29 is 14.4 Å². The van der Waals surface area contributed by atoms with E-state index in [-0.39, 0.29) is 11.5 Å². The van der Waals surface area contributed by atoms with Crippen molar-refractivity contribution in [3.63, 3.8) is 0 Å². The Labute approximate surface area is 176 Å². The molecule has 146 valence electrons. The molecule has 0 spiro atoms. The largest absolute Gasteiger partial charge is 0.508 e. The first-order valence-electron chi connectivity index (χ1n) is 9.28. The van der Waals surface area contributed by atoms with Crippen molar-refractivity contribution in [2.45, 2.75) is 0 Å². The van der Waals surface area contributed by atoms with E-state index in [4.69, 9.17) is 10.3 Å². The van der Waals surface area contributed by atoms with Crippen LogP contribution in [0.2, 0.25) is 0 Å². The van der Waals surface area contributed by atoms with E-state index in [2.05, 4.69) is 5.16 Å². The van der Waals surface area contributed by atoms with Crippen LogP contribution in [0.15, 0.2) is 83.6 Å². The molecule has 0 aliphatic carbocycles. The number of hydrogen-bond acceptors (Lipinski definition) is 6. The number of rotatable bonds is 4. The number of thiophene rings is 1. The van der Waals surface area contributed by atoms with Gasteiger partial charge in [0.05, 0.1) is 4.88 Å². The number of aromatic nitrogens is 1. The number of nitrogen functional groups attached to an aromatic ring is 1. The molecule has 6 heteroatoms. The number of aromatic hydroxyl groups is 1. The van der Waals surface area contributed by atoms with Crippen LogP contribution in [-0.2, 0) is 0 Å². The van der Waals surface area contributed by atoms with E-state index in [1.165, 1.54) is 17.6 Å². The Balaban J connectivity index is 1.68. The van der Waals surface area contributed by atoms with Crippen LogP contribution in [0.1, 0.15) is 15.2 Å². The highest BCUT2D eigenvalue weighted by atomic mass is 32.1. The molecular weight excluding hydrogens is 396 g/mol. The van der Waals surface area contributed by atoms with Crippen LogP contribution >= 0.6 is 11.3 Å². The second-order valence-corrected chi connectivity index (χ2v) is 7.93. The maximum absolute atomic E-state index is 13.3. The molecule has 0 saturated carbocycles. The molecule has 0 aliphatic rings. The van der Waals surface area contributed by atoms with Gasteiger partial charge in [-0.05, 0) is 23.8 Å². The maximum Gasteiger partial charge on any atom is 0.203 e. The number of carbonyl (C=O) groups excluding carboxylic acids is 1. The third-order valence-electron chi connectivity index (χ3n) is 4.96. The second kappa shape index (κ2) is 7.17. The van der Waals surface area contributed by atoms with E-state index >= 15 is 0 Å². The van der Waals surface area contributed by atoms with E-state index < -0.39 is 0 Å². The molecule has 3 N–H and O–H groups in total. The number of carbonyl (C=O) groups is 1. The number of fused-ring (bicyclic) bond motifs is 1. The standard InChI is InChI=1S/C24H16N2O3S/c25-19-13-29-26-22(19)15-8-6-14(7-9-15)21-18-11-10-17(27)12-20(18)30-24(21)23(28)16-4-2-1-3-5-16/h1-13,27H,25H2. The van der Waals surface area contributed by atoms with E-state index in [1.54, 1.807) is 12.1 Å². The molecule has 5 rings (SSSR count). The van der Waals surface area contributed by atoms with Gasteiger partial charge in [0, 0.05) is 26.8 Å². The lowest BCUT2D eigenvalue weighted by Gasteiger charge is -2.07. The number of hydrogen-bond donors (Lipinski definition) is 2. The zero-order valence-corrected chi connectivity index (χ0v) is 16.5. The number of phenols is 1. The summed E-state index contributed by atoms with van der Waals surface area (Å²) in [6, 6.07) is 22.1. The monoisotopic (exact) mass is 412 g/mol. The fourth-order valence-corrected chi connectivity index (χ4v) is 4.73. The number of nitrogens with zero attached hydrogens (tertiary/aromatic N) is 1. The van der Waals surface area contributed by atoms with Crippen LogP contribution < -0.4 is 5.73 Å². The van der Waals surface area contributed by atoms with Crippen LogP contribution in [-0.4, -0.2) is 16.0 Å². The molecule has 0 unspecified atom stereocenters. The number of ketones is 1. The number of anilines is 1. The highest BCUT2D eigenvalue weighted by molar-refractivity contribution is 7.21. The van der Waals surface area contributed by atoms with Gasteiger partial charge >= 0.3 is 0 Å². The van der Waals surface area contributed by atoms with E-state index in [0.717, 1.165) is 26.8 Å². The Morgan fingerprint density at radius 1 is 0.967 bits per heavy atom. The summed E-state index contributed by atoms with van der Waals surface area (Å²) in [4.78, 5) is 13.9. The lowest BCUT2D eigenvalue weighted by Crippen LogP contribution is -2.00. The molecule has 0 atom stereocenters. The number of nitrogens with two attached hydrogens (primary N) is 1. The summed E-state index contributed by atoms with van der Waals surface area (Å²) >= 11 is 1.38.